The zero-order valence-electron chi connectivity index (χ0n) is 12.8. The number of hydrogen-bond acceptors (Lipinski definition) is 3. The van der Waals surface area contributed by atoms with Crippen LogP contribution in [0, 0.1) is 0 Å². The topological polar surface area (TPSA) is 60.9 Å². The van der Waals surface area contributed by atoms with Crippen LogP contribution in [0.1, 0.15) is 37.0 Å². The first-order chi connectivity index (χ1) is 9.82. The van der Waals surface area contributed by atoms with Crippen molar-refractivity contribution < 1.29 is 14.7 Å². The maximum absolute atomic E-state index is 12.7. The molecule has 1 fully saturated rings. The molecule has 2 rings (SSSR count). The van der Waals surface area contributed by atoms with Crippen LogP contribution in [0.4, 0.5) is 5.69 Å². The fraction of sp³-hybridized carbons (Fsp3) is 0.500. The van der Waals surface area contributed by atoms with E-state index in [2.05, 4.69) is 0 Å². The predicted molar refractivity (Wildman–Crippen MR) is 81.3 cm³/mol. The summed E-state index contributed by atoms with van der Waals surface area (Å²) in [5, 5.41) is 9.97. The molecule has 2 amide bonds. The number of nitrogens with zero attached hydrogens (tertiary/aromatic N) is 2. The smallest absolute Gasteiger partial charge is 0.255 e. The molecule has 1 aromatic rings. The standard InChI is InChI=1S/C16H22N2O3/c1-12(19)17(3)14-7-5-4-6-13(14)15(20)18-10-8-16(2,21)9-11-18/h4-7,21H,8-11H2,1-3H3. The van der Waals surface area contributed by atoms with Gasteiger partial charge in [-0.3, -0.25) is 9.59 Å². The summed E-state index contributed by atoms with van der Waals surface area (Å²) in [5.41, 5.74) is 0.455. The lowest BCUT2D eigenvalue weighted by molar-refractivity contribution is -0.116. The van der Waals surface area contributed by atoms with Crippen LogP contribution in [-0.4, -0.2) is 47.6 Å². The third-order valence-electron chi connectivity index (χ3n) is 4.10. The summed E-state index contributed by atoms with van der Waals surface area (Å²) < 4.78 is 0. The predicted octanol–water partition coefficient (Wildman–Crippen LogP) is 1.66. The van der Waals surface area contributed by atoms with E-state index >= 15 is 0 Å². The van der Waals surface area contributed by atoms with E-state index in [0.717, 1.165) is 0 Å². The van der Waals surface area contributed by atoms with E-state index in [9.17, 15) is 14.7 Å². The quantitative estimate of drug-likeness (QED) is 0.901. The molecule has 1 N–H and O–H groups in total. The molecular weight excluding hydrogens is 268 g/mol. The lowest BCUT2D eigenvalue weighted by atomic mass is 9.93. The number of carbonyl (C=O) groups excluding carboxylic acids is 2. The van der Waals surface area contributed by atoms with Crippen LogP contribution >= 0.6 is 0 Å². The third kappa shape index (κ3) is 3.42. The van der Waals surface area contributed by atoms with E-state index in [1.165, 1.54) is 11.8 Å². The summed E-state index contributed by atoms with van der Waals surface area (Å²) in [6.07, 6.45) is 1.15. The number of piperidine rings is 1. The number of carbonyl (C=O) groups is 2. The number of aliphatic hydroxyl groups is 1. The Balaban J connectivity index is 2.22. The second kappa shape index (κ2) is 5.85. The molecule has 5 heteroatoms. The highest BCUT2D eigenvalue weighted by molar-refractivity contribution is 6.04. The Morgan fingerprint density at radius 1 is 1.24 bits per heavy atom. The highest BCUT2D eigenvalue weighted by Crippen LogP contribution is 2.26. The Labute approximate surface area is 125 Å². The monoisotopic (exact) mass is 290 g/mol. The second-order valence-electron chi connectivity index (χ2n) is 5.88. The first-order valence-electron chi connectivity index (χ1n) is 7.17. The number of amides is 2. The zero-order chi connectivity index (χ0) is 15.6. The number of likely N-dealkylation sites (tertiary alicyclic amines) is 1. The fourth-order valence-corrected chi connectivity index (χ4v) is 2.48. The molecule has 1 heterocycles. The van der Waals surface area contributed by atoms with Crippen molar-refractivity contribution in [2.75, 3.05) is 25.0 Å². The first-order valence-corrected chi connectivity index (χ1v) is 7.17. The van der Waals surface area contributed by atoms with E-state index in [4.69, 9.17) is 0 Å². The minimum absolute atomic E-state index is 0.0887. The molecule has 1 aliphatic rings. The molecular formula is C16H22N2O3. The lowest BCUT2D eigenvalue weighted by Crippen LogP contribution is -2.45. The minimum atomic E-state index is -0.688. The summed E-state index contributed by atoms with van der Waals surface area (Å²) in [4.78, 5) is 27.4. The summed E-state index contributed by atoms with van der Waals surface area (Å²) in [7, 11) is 1.66. The zero-order valence-corrected chi connectivity index (χ0v) is 12.8. The number of rotatable bonds is 2. The van der Waals surface area contributed by atoms with Crippen LogP contribution in [0.5, 0.6) is 0 Å². The van der Waals surface area contributed by atoms with Crippen LogP contribution < -0.4 is 4.90 Å². The summed E-state index contributed by atoms with van der Waals surface area (Å²) in [5.74, 6) is -0.203. The van der Waals surface area contributed by atoms with Crippen molar-refractivity contribution in [1.82, 2.24) is 4.90 Å². The highest BCUT2D eigenvalue weighted by Gasteiger charge is 2.31. The molecule has 5 nitrogen and oxygen atoms in total. The SMILES string of the molecule is CC(=O)N(C)c1ccccc1C(=O)N1CCC(C)(O)CC1. The molecule has 0 spiro atoms. The average molecular weight is 290 g/mol. The van der Waals surface area contributed by atoms with E-state index in [1.807, 2.05) is 6.07 Å². The Hall–Kier alpha value is -1.88. The van der Waals surface area contributed by atoms with Crippen LogP contribution in [0.3, 0.4) is 0 Å². The van der Waals surface area contributed by atoms with Crippen molar-refractivity contribution in [3.8, 4) is 0 Å². The van der Waals surface area contributed by atoms with Gasteiger partial charge in [0, 0.05) is 27.1 Å². The Kier molecular flexibility index (Phi) is 4.32. The van der Waals surface area contributed by atoms with Gasteiger partial charge < -0.3 is 14.9 Å². The van der Waals surface area contributed by atoms with Crippen molar-refractivity contribution in [2.45, 2.75) is 32.3 Å². The molecule has 0 radical (unpaired) electrons. The summed E-state index contributed by atoms with van der Waals surface area (Å²) >= 11 is 0. The van der Waals surface area contributed by atoms with Crippen LogP contribution in [0.2, 0.25) is 0 Å². The van der Waals surface area contributed by atoms with Gasteiger partial charge in [-0.1, -0.05) is 12.1 Å². The molecule has 114 valence electrons. The average Bonchev–Trinajstić information content (AvgIpc) is 2.45. The maximum Gasteiger partial charge on any atom is 0.255 e. The summed E-state index contributed by atoms with van der Waals surface area (Å²) in [6.45, 7) is 4.33. The van der Waals surface area contributed by atoms with Gasteiger partial charge >= 0.3 is 0 Å². The van der Waals surface area contributed by atoms with Crippen molar-refractivity contribution in [3.05, 3.63) is 29.8 Å². The van der Waals surface area contributed by atoms with Crippen molar-refractivity contribution >= 4 is 17.5 Å². The van der Waals surface area contributed by atoms with Gasteiger partial charge in [-0.2, -0.15) is 0 Å². The number of para-hydroxylation sites is 1. The maximum atomic E-state index is 12.7. The molecule has 0 unspecified atom stereocenters. The second-order valence-corrected chi connectivity index (χ2v) is 5.88. The molecule has 0 atom stereocenters. The van der Waals surface area contributed by atoms with E-state index in [1.54, 1.807) is 37.1 Å². The van der Waals surface area contributed by atoms with Gasteiger partial charge in [0.15, 0.2) is 0 Å². The molecule has 1 aliphatic heterocycles. The summed E-state index contributed by atoms with van der Waals surface area (Å²) in [6, 6.07) is 7.12. The molecule has 0 bridgehead atoms. The molecule has 21 heavy (non-hydrogen) atoms. The Morgan fingerprint density at radius 2 is 1.81 bits per heavy atom. The van der Waals surface area contributed by atoms with Crippen LogP contribution in [0.15, 0.2) is 24.3 Å². The number of benzene rings is 1. The highest BCUT2D eigenvalue weighted by atomic mass is 16.3. The molecule has 0 saturated carbocycles. The molecule has 0 aliphatic carbocycles. The van der Waals surface area contributed by atoms with Gasteiger partial charge in [0.05, 0.1) is 16.9 Å². The van der Waals surface area contributed by atoms with E-state index in [-0.39, 0.29) is 11.8 Å². The Morgan fingerprint density at radius 3 is 2.38 bits per heavy atom. The molecule has 1 aromatic carbocycles. The number of anilines is 1. The Bertz CT molecular complexity index is 544. The van der Waals surface area contributed by atoms with E-state index in [0.29, 0.717) is 37.2 Å². The fourth-order valence-electron chi connectivity index (χ4n) is 2.48. The van der Waals surface area contributed by atoms with Gasteiger partial charge in [0.1, 0.15) is 0 Å². The van der Waals surface area contributed by atoms with Gasteiger partial charge in [-0.15, -0.1) is 0 Å². The van der Waals surface area contributed by atoms with Gasteiger partial charge in [0.25, 0.3) is 5.91 Å². The minimum Gasteiger partial charge on any atom is -0.390 e. The number of hydrogen-bond donors (Lipinski definition) is 1. The molecule has 0 aromatic heterocycles. The van der Waals surface area contributed by atoms with E-state index < -0.39 is 5.60 Å². The normalized spacial score (nSPS) is 17.4. The van der Waals surface area contributed by atoms with Crippen LogP contribution in [0.25, 0.3) is 0 Å². The van der Waals surface area contributed by atoms with Crippen molar-refractivity contribution in [1.29, 1.82) is 0 Å². The van der Waals surface area contributed by atoms with Gasteiger partial charge in [-0.05, 0) is 31.9 Å². The van der Waals surface area contributed by atoms with Crippen molar-refractivity contribution in [3.63, 3.8) is 0 Å². The van der Waals surface area contributed by atoms with Gasteiger partial charge in [-0.25, -0.2) is 0 Å². The molecule has 1 saturated heterocycles. The third-order valence-corrected chi connectivity index (χ3v) is 4.10. The van der Waals surface area contributed by atoms with Gasteiger partial charge in [0.2, 0.25) is 5.91 Å². The van der Waals surface area contributed by atoms with Crippen molar-refractivity contribution in [2.24, 2.45) is 0 Å². The first kappa shape index (κ1) is 15.5. The van der Waals surface area contributed by atoms with Crippen LogP contribution in [-0.2, 0) is 4.79 Å². The lowest BCUT2D eigenvalue weighted by Gasteiger charge is -2.36. The largest absolute Gasteiger partial charge is 0.390 e.